The maximum Gasteiger partial charge on any atom is 0.237 e. The average Bonchev–Trinajstić information content (AvgIpc) is 2.99. The van der Waals surface area contributed by atoms with Crippen LogP contribution in [-0.2, 0) is 11.2 Å². The molecule has 0 aliphatic heterocycles. The Morgan fingerprint density at radius 2 is 2.17 bits per heavy atom. The van der Waals surface area contributed by atoms with Crippen molar-refractivity contribution in [1.29, 1.82) is 0 Å². The fourth-order valence-electron chi connectivity index (χ4n) is 1.86. The molecule has 1 amide bonds. The van der Waals surface area contributed by atoms with Gasteiger partial charge in [-0.15, -0.1) is 0 Å². The molecule has 1 aliphatic rings. The fraction of sp³-hybridized carbons (Fsp3) is 0.462. The molecule has 1 fully saturated rings. The lowest BCUT2D eigenvalue weighted by Crippen LogP contribution is -2.43. The van der Waals surface area contributed by atoms with Gasteiger partial charge in [0.25, 0.3) is 0 Å². The Labute approximate surface area is 106 Å². The van der Waals surface area contributed by atoms with Gasteiger partial charge in [-0.2, -0.15) is 0 Å². The number of nitrogens with one attached hydrogen (secondary N) is 1. The van der Waals surface area contributed by atoms with E-state index < -0.39 is 6.04 Å². The maximum absolute atomic E-state index is 11.7. The van der Waals surface area contributed by atoms with E-state index in [4.69, 9.17) is 5.73 Å². The van der Waals surface area contributed by atoms with E-state index >= 15 is 0 Å². The summed E-state index contributed by atoms with van der Waals surface area (Å²) in [5, 5.41) is 21.4. The number of hydrogen-bond acceptors (Lipinski definition) is 4. The van der Waals surface area contributed by atoms with Gasteiger partial charge in [-0.1, -0.05) is 13.0 Å². The summed E-state index contributed by atoms with van der Waals surface area (Å²) in [4.78, 5) is 11.7. The van der Waals surface area contributed by atoms with Crippen LogP contribution in [0.3, 0.4) is 0 Å². The van der Waals surface area contributed by atoms with E-state index in [2.05, 4.69) is 12.2 Å². The minimum atomic E-state index is -0.637. The Hall–Kier alpha value is -1.75. The summed E-state index contributed by atoms with van der Waals surface area (Å²) in [6.45, 7) is 2.08. The standard InChI is InChI=1S/C13H18N2O3/c1-7-4-10(7)15-13(18)9(14)5-8-2-3-11(16)12(17)6-8/h2-3,6-7,9-10,16-17H,4-5,14H2,1H3,(H,15,18)/t7?,9-,10?/m0/s1. The van der Waals surface area contributed by atoms with Gasteiger partial charge in [0.05, 0.1) is 6.04 Å². The first kappa shape index (κ1) is 12.7. The van der Waals surface area contributed by atoms with Gasteiger partial charge in [0.15, 0.2) is 11.5 Å². The van der Waals surface area contributed by atoms with Gasteiger partial charge < -0.3 is 21.3 Å². The van der Waals surface area contributed by atoms with Crippen molar-refractivity contribution >= 4 is 5.91 Å². The molecule has 3 atom stereocenters. The van der Waals surface area contributed by atoms with Crippen LogP contribution in [0.15, 0.2) is 18.2 Å². The molecule has 5 heteroatoms. The molecule has 1 aliphatic carbocycles. The minimum absolute atomic E-state index is 0.170. The molecule has 0 radical (unpaired) electrons. The van der Waals surface area contributed by atoms with Crippen molar-refractivity contribution in [3.63, 3.8) is 0 Å². The van der Waals surface area contributed by atoms with Crippen molar-refractivity contribution in [2.24, 2.45) is 11.7 Å². The molecule has 2 rings (SSSR count). The Morgan fingerprint density at radius 1 is 1.50 bits per heavy atom. The van der Waals surface area contributed by atoms with Crippen LogP contribution in [0.25, 0.3) is 0 Å². The molecule has 1 aromatic carbocycles. The third kappa shape index (κ3) is 2.92. The van der Waals surface area contributed by atoms with E-state index in [1.807, 2.05) is 0 Å². The lowest BCUT2D eigenvalue weighted by Gasteiger charge is -2.12. The van der Waals surface area contributed by atoms with Crippen LogP contribution >= 0.6 is 0 Å². The predicted molar refractivity (Wildman–Crippen MR) is 67.2 cm³/mol. The molecule has 2 unspecified atom stereocenters. The summed E-state index contributed by atoms with van der Waals surface area (Å²) in [7, 11) is 0. The summed E-state index contributed by atoms with van der Waals surface area (Å²) < 4.78 is 0. The van der Waals surface area contributed by atoms with E-state index in [0.29, 0.717) is 12.3 Å². The zero-order valence-corrected chi connectivity index (χ0v) is 10.3. The first-order valence-electron chi connectivity index (χ1n) is 6.04. The van der Waals surface area contributed by atoms with Crippen LogP contribution < -0.4 is 11.1 Å². The number of hydrogen-bond donors (Lipinski definition) is 4. The second-order valence-electron chi connectivity index (χ2n) is 4.96. The first-order valence-corrected chi connectivity index (χ1v) is 6.04. The summed E-state index contributed by atoms with van der Waals surface area (Å²) in [6.07, 6.45) is 1.35. The number of phenolic OH excluding ortho intramolecular Hbond substituents is 2. The second-order valence-corrected chi connectivity index (χ2v) is 4.96. The van der Waals surface area contributed by atoms with Crippen LogP contribution in [0.1, 0.15) is 18.9 Å². The SMILES string of the molecule is CC1CC1NC(=O)[C@@H](N)Cc1ccc(O)c(O)c1. The largest absolute Gasteiger partial charge is 0.504 e. The Bertz CT molecular complexity index is 462. The Morgan fingerprint density at radius 3 is 2.72 bits per heavy atom. The van der Waals surface area contributed by atoms with Crippen molar-refractivity contribution in [3.05, 3.63) is 23.8 Å². The molecule has 1 saturated carbocycles. The minimum Gasteiger partial charge on any atom is -0.504 e. The summed E-state index contributed by atoms with van der Waals surface area (Å²) in [5.74, 6) is -0.00437. The number of benzene rings is 1. The second kappa shape index (κ2) is 4.86. The lowest BCUT2D eigenvalue weighted by atomic mass is 10.1. The molecule has 18 heavy (non-hydrogen) atoms. The highest BCUT2D eigenvalue weighted by Gasteiger charge is 2.34. The van der Waals surface area contributed by atoms with Crippen LogP contribution in [0, 0.1) is 5.92 Å². The fourth-order valence-corrected chi connectivity index (χ4v) is 1.86. The summed E-state index contributed by atoms with van der Waals surface area (Å²) in [5.41, 5.74) is 6.52. The molecule has 98 valence electrons. The van der Waals surface area contributed by atoms with Crippen LogP contribution in [0.5, 0.6) is 11.5 Å². The number of carbonyl (C=O) groups excluding carboxylic acids is 1. The Balaban J connectivity index is 1.91. The molecular weight excluding hydrogens is 232 g/mol. The van der Waals surface area contributed by atoms with Crippen molar-refractivity contribution in [1.82, 2.24) is 5.32 Å². The van der Waals surface area contributed by atoms with Gasteiger partial charge in [0.1, 0.15) is 0 Å². The van der Waals surface area contributed by atoms with Crippen molar-refractivity contribution in [2.45, 2.75) is 31.8 Å². The van der Waals surface area contributed by atoms with Gasteiger partial charge in [-0.05, 0) is 36.5 Å². The molecule has 0 heterocycles. The molecular formula is C13H18N2O3. The summed E-state index contributed by atoms with van der Waals surface area (Å²) >= 11 is 0. The monoisotopic (exact) mass is 250 g/mol. The predicted octanol–water partition coefficient (Wildman–Crippen LogP) is 0.492. The molecule has 5 N–H and O–H groups in total. The molecule has 0 aromatic heterocycles. The smallest absolute Gasteiger partial charge is 0.237 e. The molecule has 5 nitrogen and oxygen atoms in total. The number of nitrogens with two attached hydrogens (primary N) is 1. The van der Waals surface area contributed by atoms with Gasteiger partial charge in [0.2, 0.25) is 5.91 Å². The van der Waals surface area contributed by atoms with E-state index in [0.717, 1.165) is 12.0 Å². The highest BCUT2D eigenvalue weighted by Crippen LogP contribution is 2.29. The van der Waals surface area contributed by atoms with Gasteiger partial charge in [0, 0.05) is 6.04 Å². The zero-order chi connectivity index (χ0) is 13.3. The van der Waals surface area contributed by atoms with Gasteiger partial charge in [-0.25, -0.2) is 0 Å². The third-order valence-electron chi connectivity index (χ3n) is 3.27. The van der Waals surface area contributed by atoms with Gasteiger partial charge in [-0.3, -0.25) is 4.79 Å². The van der Waals surface area contributed by atoms with E-state index in [-0.39, 0.29) is 23.4 Å². The van der Waals surface area contributed by atoms with Crippen LogP contribution in [-0.4, -0.2) is 28.2 Å². The third-order valence-corrected chi connectivity index (χ3v) is 3.27. The van der Waals surface area contributed by atoms with Crippen molar-refractivity contribution in [3.8, 4) is 11.5 Å². The molecule has 0 spiro atoms. The number of aromatic hydroxyl groups is 2. The normalized spacial score (nSPS) is 23.4. The number of amides is 1. The zero-order valence-electron chi connectivity index (χ0n) is 10.3. The molecule has 0 saturated heterocycles. The van der Waals surface area contributed by atoms with Gasteiger partial charge >= 0.3 is 0 Å². The summed E-state index contributed by atoms with van der Waals surface area (Å²) in [6, 6.07) is 4.07. The topological polar surface area (TPSA) is 95.6 Å². The van der Waals surface area contributed by atoms with Crippen LogP contribution in [0.2, 0.25) is 0 Å². The highest BCUT2D eigenvalue weighted by molar-refractivity contribution is 5.82. The average molecular weight is 250 g/mol. The first-order chi connectivity index (χ1) is 8.47. The van der Waals surface area contributed by atoms with E-state index in [9.17, 15) is 15.0 Å². The number of phenols is 2. The lowest BCUT2D eigenvalue weighted by molar-refractivity contribution is -0.122. The Kier molecular flexibility index (Phi) is 3.43. The van der Waals surface area contributed by atoms with E-state index in [1.54, 1.807) is 6.07 Å². The maximum atomic E-state index is 11.7. The molecule has 1 aromatic rings. The molecule has 0 bridgehead atoms. The highest BCUT2D eigenvalue weighted by atomic mass is 16.3. The quantitative estimate of drug-likeness (QED) is 0.585. The van der Waals surface area contributed by atoms with Crippen molar-refractivity contribution < 1.29 is 15.0 Å². The van der Waals surface area contributed by atoms with E-state index in [1.165, 1.54) is 12.1 Å². The van der Waals surface area contributed by atoms with Crippen molar-refractivity contribution in [2.75, 3.05) is 0 Å². The van der Waals surface area contributed by atoms with Crippen LogP contribution in [0.4, 0.5) is 0 Å². The number of rotatable bonds is 4. The number of carbonyl (C=O) groups is 1.